The van der Waals surface area contributed by atoms with Crippen LogP contribution in [0.15, 0.2) is 0 Å². The average molecular weight is 122 g/mol. The molecule has 0 aliphatic carbocycles. The van der Waals surface area contributed by atoms with E-state index in [0.717, 1.165) is 0 Å². The van der Waals surface area contributed by atoms with Crippen LogP contribution in [-0.2, 0) is 15.9 Å². The summed E-state index contributed by atoms with van der Waals surface area (Å²) in [5.41, 5.74) is 0. The monoisotopic (exact) mass is 122 g/mol. The van der Waals surface area contributed by atoms with Crippen molar-refractivity contribution in [3.05, 3.63) is 0 Å². The second-order valence-electron chi connectivity index (χ2n) is 1.27. The topological polar surface area (TPSA) is 32.3 Å². The molecule has 0 aromatic heterocycles. The highest BCUT2D eigenvalue weighted by Gasteiger charge is 1.91. The number of rotatable bonds is 3. The first kappa shape index (κ1) is 7.27. The molecule has 3 heteroatoms. The van der Waals surface area contributed by atoms with E-state index in [1.165, 1.54) is 0 Å². The second kappa shape index (κ2) is 4.43. The van der Waals surface area contributed by atoms with Gasteiger partial charge in [-0.3, -0.25) is 0 Å². The summed E-state index contributed by atoms with van der Waals surface area (Å²) in [4.78, 5) is 0. The van der Waals surface area contributed by atoms with Crippen molar-refractivity contribution in [1.82, 2.24) is 0 Å². The number of ether oxygens (including phenoxy) is 1. The minimum absolute atomic E-state index is 0.600. The van der Waals surface area contributed by atoms with Gasteiger partial charge in [0.05, 0.1) is 12.9 Å². The fraction of sp³-hybridized carbons (Fsp3) is 1.00. The second-order valence-corrected chi connectivity index (χ2v) is 2.82. The molecule has 0 aliphatic rings. The summed E-state index contributed by atoms with van der Waals surface area (Å²) in [6.07, 6.45) is 1.67. The third-order valence-corrected chi connectivity index (χ3v) is 1.32. The number of methoxy groups -OCH3 is 1. The summed E-state index contributed by atoms with van der Waals surface area (Å²) in [5, 5.41) is 0. The van der Waals surface area contributed by atoms with Gasteiger partial charge >= 0.3 is 0 Å². The Hall–Kier alpha value is 0.270. The first-order chi connectivity index (χ1) is 3.27. The van der Waals surface area contributed by atoms with E-state index in [2.05, 4.69) is 4.74 Å². The molecular weight excluding hydrogens is 112 g/mol. The van der Waals surface area contributed by atoms with Gasteiger partial charge in [0.2, 0.25) is 0 Å². The van der Waals surface area contributed by atoms with Crippen molar-refractivity contribution in [3.8, 4) is 0 Å². The van der Waals surface area contributed by atoms with Gasteiger partial charge in [-0.15, -0.1) is 0 Å². The Bertz CT molecular complexity index is 38.7. The first-order valence-corrected chi connectivity index (χ1v) is 3.79. The fourth-order valence-electron chi connectivity index (χ4n) is 0.201. The summed E-state index contributed by atoms with van der Waals surface area (Å²) < 4.78 is 14.9. The summed E-state index contributed by atoms with van der Waals surface area (Å²) in [7, 11) is 1.60. The minimum atomic E-state index is -0.690. The summed E-state index contributed by atoms with van der Waals surface area (Å²) in [6, 6.07) is 0. The van der Waals surface area contributed by atoms with Crippen molar-refractivity contribution in [2.24, 2.45) is 0 Å². The molecule has 0 saturated carbocycles. The van der Waals surface area contributed by atoms with Crippen molar-refractivity contribution in [3.63, 3.8) is 0 Å². The van der Waals surface area contributed by atoms with Crippen LogP contribution in [0.25, 0.3) is 0 Å². The minimum Gasteiger partial charge on any atom is -0.616 e. The molecule has 0 amide bonds. The number of hydrogen-bond donors (Lipinski definition) is 0. The maximum Gasteiger partial charge on any atom is 0.128 e. The van der Waals surface area contributed by atoms with Crippen molar-refractivity contribution in [1.29, 1.82) is 0 Å². The predicted octanol–water partition coefficient (Wildman–Crippen LogP) is 0.0113. The summed E-state index contributed by atoms with van der Waals surface area (Å²) in [5.74, 6) is 0.649. The lowest BCUT2D eigenvalue weighted by Crippen LogP contribution is -2.08. The van der Waals surface area contributed by atoms with Gasteiger partial charge in [-0.05, 0) is 0 Å². The smallest absolute Gasteiger partial charge is 0.128 e. The van der Waals surface area contributed by atoms with Crippen LogP contribution in [0.2, 0.25) is 0 Å². The molecule has 7 heavy (non-hydrogen) atoms. The maximum absolute atomic E-state index is 10.2. The standard InChI is InChI=1S/C4H10O2S/c1-6-3-4-7(2)5/h3-4H2,1-2H3. The van der Waals surface area contributed by atoms with Crippen LogP contribution in [0.1, 0.15) is 0 Å². The highest BCUT2D eigenvalue weighted by Crippen LogP contribution is 1.80. The zero-order valence-electron chi connectivity index (χ0n) is 4.64. The van der Waals surface area contributed by atoms with Gasteiger partial charge in [0, 0.05) is 7.11 Å². The van der Waals surface area contributed by atoms with Gasteiger partial charge in [-0.2, -0.15) is 0 Å². The van der Waals surface area contributed by atoms with E-state index in [0.29, 0.717) is 12.4 Å². The molecule has 1 unspecified atom stereocenters. The predicted molar refractivity (Wildman–Crippen MR) is 30.8 cm³/mol. The lowest BCUT2D eigenvalue weighted by atomic mass is 10.9. The normalized spacial score (nSPS) is 14.1. The van der Waals surface area contributed by atoms with E-state index in [1.54, 1.807) is 13.4 Å². The van der Waals surface area contributed by atoms with Crippen LogP contribution in [0.5, 0.6) is 0 Å². The Morgan fingerprint density at radius 3 is 2.43 bits per heavy atom. The quantitative estimate of drug-likeness (QED) is 0.494. The lowest BCUT2D eigenvalue weighted by molar-refractivity contribution is 0.217. The highest BCUT2D eigenvalue weighted by molar-refractivity contribution is 7.90. The third kappa shape index (κ3) is 6.27. The van der Waals surface area contributed by atoms with Gasteiger partial charge in [0.25, 0.3) is 0 Å². The van der Waals surface area contributed by atoms with E-state index < -0.39 is 11.2 Å². The molecule has 0 aromatic rings. The van der Waals surface area contributed by atoms with E-state index >= 15 is 0 Å². The molecule has 1 atom stereocenters. The Morgan fingerprint density at radius 1 is 1.71 bits per heavy atom. The van der Waals surface area contributed by atoms with Gasteiger partial charge in [0.1, 0.15) is 5.75 Å². The Kier molecular flexibility index (Phi) is 4.60. The molecule has 0 aromatic carbocycles. The number of hydrogen-bond acceptors (Lipinski definition) is 2. The summed E-state index contributed by atoms with van der Waals surface area (Å²) >= 11 is -0.690. The van der Waals surface area contributed by atoms with Gasteiger partial charge in [-0.25, -0.2) is 0 Å². The van der Waals surface area contributed by atoms with E-state index in [9.17, 15) is 4.55 Å². The van der Waals surface area contributed by atoms with E-state index in [-0.39, 0.29) is 0 Å². The van der Waals surface area contributed by atoms with Crippen LogP contribution >= 0.6 is 0 Å². The Morgan fingerprint density at radius 2 is 2.29 bits per heavy atom. The molecule has 0 rings (SSSR count). The largest absolute Gasteiger partial charge is 0.616 e. The van der Waals surface area contributed by atoms with Crippen molar-refractivity contribution < 1.29 is 9.29 Å². The zero-order chi connectivity index (χ0) is 5.70. The third-order valence-electron chi connectivity index (χ3n) is 0.575. The first-order valence-electron chi connectivity index (χ1n) is 2.06. The maximum atomic E-state index is 10.2. The molecule has 0 fully saturated rings. The molecule has 2 nitrogen and oxygen atoms in total. The van der Waals surface area contributed by atoms with Crippen LogP contribution in [0.4, 0.5) is 0 Å². The van der Waals surface area contributed by atoms with Crippen molar-refractivity contribution in [2.45, 2.75) is 0 Å². The Labute approximate surface area is 47.0 Å². The van der Waals surface area contributed by atoms with Crippen molar-refractivity contribution in [2.75, 3.05) is 25.7 Å². The molecule has 0 radical (unpaired) electrons. The molecular formula is C4H10O2S. The average Bonchev–Trinajstić information content (AvgIpc) is 1.61. The SMILES string of the molecule is COCC[S+](C)[O-]. The molecule has 0 aliphatic heterocycles. The van der Waals surface area contributed by atoms with Gasteiger partial charge in [-0.1, -0.05) is 11.2 Å². The molecule has 0 spiro atoms. The zero-order valence-corrected chi connectivity index (χ0v) is 5.46. The molecule has 0 N–H and O–H groups in total. The van der Waals surface area contributed by atoms with Crippen LogP contribution < -0.4 is 0 Å². The van der Waals surface area contributed by atoms with Gasteiger partial charge in [0.15, 0.2) is 0 Å². The fourth-order valence-corrected chi connectivity index (χ4v) is 0.602. The Balaban J connectivity index is 2.68. The van der Waals surface area contributed by atoms with Crippen molar-refractivity contribution >= 4 is 11.2 Å². The van der Waals surface area contributed by atoms with Crippen LogP contribution in [0, 0.1) is 0 Å². The highest BCUT2D eigenvalue weighted by atomic mass is 32.2. The lowest BCUT2D eigenvalue weighted by Gasteiger charge is -2.01. The molecule has 0 bridgehead atoms. The summed E-state index contributed by atoms with van der Waals surface area (Å²) in [6.45, 7) is 0.600. The van der Waals surface area contributed by atoms with E-state index in [4.69, 9.17) is 0 Å². The van der Waals surface area contributed by atoms with E-state index in [1.807, 2.05) is 0 Å². The van der Waals surface area contributed by atoms with Gasteiger partial charge < -0.3 is 9.29 Å². The molecule has 0 heterocycles. The molecule has 44 valence electrons. The molecule has 0 saturated heterocycles. The van der Waals surface area contributed by atoms with Crippen LogP contribution in [-0.4, -0.2) is 30.3 Å². The van der Waals surface area contributed by atoms with Crippen LogP contribution in [0.3, 0.4) is 0 Å².